The van der Waals surface area contributed by atoms with Gasteiger partial charge in [0.25, 0.3) is 0 Å². The fourth-order valence-electron chi connectivity index (χ4n) is 3.86. The lowest BCUT2D eigenvalue weighted by atomic mass is 10.0. The Morgan fingerprint density at radius 2 is 0.967 bits per heavy atom. The predicted molar refractivity (Wildman–Crippen MR) is 126 cm³/mol. The van der Waals surface area contributed by atoms with Crippen LogP contribution in [0.3, 0.4) is 0 Å². The minimum atomic E-state index is -0.750. The summed E-state index contributed by atoms with van der Waals surface area (Å²) in [5.74, 6) is -1.45. The smallest absolute Gasteiger partial charge is 0.331 e. The molecular weight excluding hydrogens is 376 g/mol. The number of carboxylic acids is 2. The van der Waals surface area contributed by atoms with Gasteiger partial charge < -0.3 is 10.2 Å². The van der Waals surface area contributed by atoms with Crippen molar-refractivity contribution in [1.29, 1.82) is 0 Å². The van der Waals surface area contributed by atoms with Crippen LogP contribution in [-0.2, 0) is 9.59 Å². The number of hydrogen-bond acceptors (Lipinski definition) is 2. The fourth-order valence-corrected chi connectivity index (χ4v) is 3.86. The third-order valence-corrected chi connectivity index (χ3v) is 5.81. The monoisotopic (exact) mass is 424 g/mol. The Labute approximate surface area is 185 Å². The van der Waals surface area contributed by atoms with Gasteiger partial charge in [-0.3, -0.25) is 4.79 Å². The van der Waals surface area contributed by atoms with Crippen molar-refractivity contribution >= 4 is 11.9 Å². The maximum atomic E-state index is 11.4. The van der Waals surface area contributed by atoms with Crippen molar-refractivity contribution in [2.24, 2.45) is 0 Å². The first-order chi connectivity index (χ1) is 14.6. The van der Waals surface area contributed by atoms with Gasteiger partial charge in [-0.25, -0.2) is 4.79 Å². The molecule has 0 radical (unpaired) electrons. The average Bonchev–Trinajstić information content (AvgIpc) is 2.71. The van der Waals surface area contributed by atoms with Crippen LogP contribution in [0.25, 0.3) is 0 Å². The summed E-state index contributed by atoms with van der Waals surface area (Å²) in [6.07, 6.45) is 25.3. The van der Waals surface area contributed by atoms with Crippen LogP contribution >= 0.6 is 0 Å². The molecule has 0 saturated carbocycles. The lowest BCUT2D eigenvalue weighted by Gasteiger charge is -2.05. The highest BCUT2D eigenvalue weighted by Gasteiger charge is 2.06. The molecule has 30 heavy (non-hydrogen) atoms. The Hall–Kier alpha value is -1.32. The van der Waals surface area contributed by atoms with Crippen molar-refractivity contribution in [2.75, 3.05) is 0 Å². The van der Waals surface area contributed by atoms with Crippen LogP contribution < -0.4 is 0 Å². The molecule has 4 heteroatoms. The van der Waals surface area contributed by atoms with Crippen LogP contribution in [0.15, 0.2) is 11.6 Å². The van der Waals surface area contributed by atoms with Gasteiger partial charge in [0.2, 0.25) is 0 Å². The molecule has 0 aliphatic heterocycles. The van der Waals surface area contributed by atoms with E-state index in [1.807, 2.05) is 6.08 Å². The van der Waals surface area contributed by atoms with Gasteiger partial charge in [0.15, 0.2) is 0 Å². The number of aliphatic carboxylic acids is 2. The zero-order valence-corrected chi connectivity index (χ0v) is 19.6. The van der Waals surface area contributed by atoms with E-state index < -0.39 is 11.9 Å². The van der Waals surface area contributed by atoms with E-state index in [1.54, 1.807) is 0 Å². The number of carbonyl (C=O) groups is 2. The Balaban J connectivity index is 3.58. The number of unbranched alkanes of at least 4 members (excludes halogenated alkanes) is 17. The second kappa shape index (κ2) is 22.4. The summed E-state index contributed by atoms with van der Waals surface area (Å²) in [5, 5.41) is 18.0. The quantitative estimate of drug-likeness (QED) is 0.128. The molecule has 0 heterocycles. The van der Waals surface area contributed by atoms with Gasteiger partial charge in [-0.05, 0) is 32.1 Å². The lowest BCUT2D eigenvalue weighted by molar-refractivity contribution is -0.137. The van der Waals surface area contributed by atoms with Crippen molar-refractivity contribution in [3.8, 4) is 0 Å². The van der Waals surface area contributed by atoms with E-state index >= 15 is 0 Å². The normalized spacial score (nSPS) is 11.7. The van der Waals surface area contributed by atoms with Gasteiger partial charge in [0, 0.05) is 12.0 Å². The van der Waals surface area contributed by atoms with Crippen molar-refractivity contribution in [1.82, 2.24) is 0 Å². The van der Waals surface area contributed by atoms with E-state index in [2.05, 4.69) is 6.92 Å². The van der Waals surface area contributed by atoms with E-state index in [1.165, 1.54) is 57.8 Å². The van der Waals surface area contributed by atoms with Crippen molar-refractivity contribution < 1.29 is 19.8 Å². The van der Waals surface area contributed by atoms with Crippen molar-refractivity contribution in [3.63, 3.8) is 0 Å². The summed E-state index contributed by atoms with van der Waals surface area (Å²) in [5.41, 5.74) is 0.597. The second-order valence-corrected chi connectivity index (χ2v) is 8.73. The van der Waals surface area contributed by atoms with Crippen LogP contribution in [0.2, 0.25) is 0 Å². The molecule has 0 aliphatic rings. The minimum Gasteiger partial charge on any atom is -0.481 e. The molecule has 176 valence electrons. The summed E-state index contributed by atoms with van der Waals surface area (Å²) in [7, 11) is 0. The zero-order chi connectivity index (χ0) is 22.3. The Morgan fingerprint density at radius 1 is 0.567 bits per heavy atom. The first kappa shape index (κ1) is 28.7. The number of carboxylic acid groups (broad SMARTS) is 2. The average molecular weight is 425 g/mol. The third kappa shape index (κ3) is 21.4. The molecule has 0 unspecified atom stereocenters. The first-order valence-corrected chi connectivity index (χ1v) is 12.7. The molecule has 0 amide bonds. The Morgan fingerprint density at radius 3 is 1.40 bits per heavy atom. The number of rotatable bonds is 23. The minimum absolute atomic E-state index is 0.281. The molecular formula is C26H48O4. The zero-order valence-electron chi connectivity index (χ0n) is 19.6. The van der Waals surface area contributed by atoms with Crippen LogP contribution in [-0.4, -0.2) is 22.2 Å². The van der Waals surface area contributed by atoms with Crippen molar-refractivity contribution in [3.05, 3.63) is 11.6 Å². The molecule has 0 bridgehead atoms. The first-order valence-electron chi connectivity index (χ1n) is 12.7. The van der Waals surface area contributed by atoms with E-state index in [-0.39, 0.29) is 6.42 Å². The van der Waals surface area contributed by atoms with E-state index in [9.17, 15) is 14.7 Å². The SMILES string of the molecule is CCCCCCCCCCCCC=C(CCCCCCCCCCC(=O)O)C(=O)O. The van der Waals surface area contributed by atoms with Gasteiger partial charge in [0.1, 0.15) is 0 Å². The predicted octanol–water partition coefficient (Wildman–Crippen LogP) is 8.29. The molecule has 0 fully saturated rings. The standard InChI is InChI=1S/C26H48O4/c1-2-3-4-5-6-7-8-9-12-15-18-21-24(26(29)30)22-19-16-13-10-11-14-17-20-23-25(27)28/h21H,2-20,22-23H2,1H3,(H,27,28)(H,29,30). The van der Waals surface area contributed by atoms with Crippen molar-refractivity contribution in [2.45, 2.75) is 142 Å². The summed E-state index contributed by atoms with van der Waals surface area (Å²) in [4.78, 5) is 21.9. The lowest BCUT2D eigenvalue weighted by Crippen LogP contribution is -2.00. The van der Waals surface area contributed by atoms with E-state index in [4.69, 9.17) is 5.11 Å². The van der Waals surface area contributed by atoms with E-state index in [0.29, 0.717) is 12.0 Å². The van der Waals surface area contributed by atoms with Crippen LogP contribution in [0.4, 0.5) is 0 Å². The molecule has 4 nitrogen and oxygen atoms in total. The van der Waals surface area contributed by atoms with Gasteiger partial charge in [-0.15, -0.1) is 0 Å². The third-order valence-electron chi connectivity index (χ3n) is 5.81. The largest absolute Gasteiger partial charge is 0.481 e. The van der Waals surface area contributed by atoms with Gasteiger partial charge in [0.05, 0.1) is 0 Å². The molecule has 0 aliphatic carbocycles. The fraction of sp³-hybridized carbons (Fsp3) is 0.846. The summed E-state index contributed by atoms with van der Waals surface area (Å²) in [6.45, 7) is 2.25. The van der Waals surface area contributed by atoms with Crippen LogP contribution in [0, 0.1) is 0 Å². The molecule has 2 N–H and O–H groups in total. The molecule has 0 spiro atoms. The number of hydrogen-bond donors (Lipinski definition) is 2. The van der Waals surface area contributed by atoms with E-state index in [0.717, 1.165) is 64.2 Å². The highest BCUT2D eigenvalue weighted by atomic mass is 16.4. The number of allylic oxidation sites excluding steroid dienone is 1. The van der Waals surface area contributed by atoms with Crippen LogP contribution in [0.1, 0.15) is 142 Å². The Bertz CT molecular complexity index is 442. The molecule has 0 aromatic heterocycles. The van der Waals surface area contributed by atoms with Gasteiger partial charge in [-0.2, -0.15) is 0 Å². The highest BCUT2D eigenvalue weighted by Crippen LogP contribution is 2.16. The Kier molecular flexibility index (Phi) is 21.4. The van der Waals surface area contributed by atoms with Gasteiger partial charge in [-0.1, -0.05) is 109 Å². The maximum Gasteiger partial charge on any atom is 0.331 e. The topological polar surface area (TPSA) is 74.6 Å². The molecule has 0 rings (SSSR count). The van der Waals surface area contributed by atoms with Crippen LogP contribution in [0.5, 0.6) is 0 Å². The van der Waals surface area contributed by atoms with Gasteiger partial charge >= 0.3 is 11.9 Å². The maximum absolute atomic E-state index is 11.4. The molecule has 0 aromatic carbocycles. The molecule has 0 aromatic rings. The summed E-state index contributed by atoms with van der Waals surface area (Å²) < 4.78 is 0. The summed E-state index contributed by atoms with van der Waals surface area (Å²) >= 11 is 0. The molecule has 0 saturated heterocycles. The molecule has 0 atom stereocenters. The highest BCUT2D eigenvalue weighted by molar-refractivity contribution is 5.86. The summed E-state index contributed by atoms with van der Waals surface area (Å²) in [6, 6.07) is 0. The second-order valence-electron chi connectivity index (χ2n) is 8.73.